The number of hydrogen-bond acceptors (Lipinski definition) is 3. The fraction of sp³-hybridized carbons (Fsp3) is 0.471. The minimum absolute atomic E-state index is 0.110. The standard InChI is InChI=1S/C17H22BrN3O3/c1-9(2)17(4,21-10(3)22)16(24)20-14-8-12-11(7-13(14)18)5-6-19-15(12)23/h7-9H,5-6H2,1-4H3,(H,19,23)(H,20,24)(H,21,22). The Morgan fingerprint density at radius 2 is 2.00 bits per heavy atom. The van der Waals surface area contributed by atoms with Crippen LogP contribution in [0, 0.1) is 5.92 Å². The number of carbonyl (C=O) groups is 3. The smallest absolute Gasteiger partial charge is 0.251 e. The molecule has 1 aliphatic heterocycles. The molecule has 24 heavy (non-hydrogen) atoms. The lowest BCUT2D eigenvalue weighted by atomic mass is 9.87. The Morgan fingerprint density at radius 1 is 1.33 bits per heavy atom. The van der Waals surface area contributed by atoms with Gasteiger partial charge >= 0.3 is 0 Å². The number of carbonyl (C=O) groups excluding carboxylic acids is 3. The fourth-order valence-corrected chi connectivity index (χ4v) is 3.11. The molecule has 0 saturated heterocycles. The van der Waals surface area contributed by atoms with Gasteiger partial charge in [0.25, 0.3) is 5.91 Å². The molecule has 0 spiro atoms. The Hall–Kier alpha value is -1.89. The third kappa shape index (κ3) is 3.61. The summed E-state index contributed by atoms with van der Waals surface area (Å²) in [5.74, 6) is -0.858. The van der Waals surface area contributed by atoms with E-state index in [1.807, 2.05) is 19.9 Å². The molecule has 1 heterocycles. The van der Waals surface area contributed by atoms with Crippen molar-refractivity contribution in [1.82, 2.24) is 10.6 Å². The summed E-state index contributed by atoms with van der Waals surface area (Å²) in [5, 5.41) is 8.34. The first-order valence-electron chi connectivity index (χ1n) is 7.86. The molecular formula is C17H22BrN3O3. The van der Waals surface area contributed by atoms with E-state index < -0.39 is 5.54 Å². The number of benzene rings is 1. The van der Waals surface area contributed by atoms with Gasteiger partial charge in [0, 0.05) is 23.5 Å². The van der Waals surface area contributed by atoms with E-state index in [9.17, 15) is 14.4 Å². The van der Waals surface area contributed by atoms with E-state index in [4.69, 9.17) is 0 Å². The zero-order valence-electron chi connectivity index (χ0n) is 14.2. The number of rotatable bonds is 4. The van der Waals surface area contributed by atoms with Gasteiger partial charge in [0.05, 0.1) is 5.69 Å². The molecule has 1 atom stereocenters. The van der Waals surface area contributed by atoms with E-state index in [0.717, 1.165) is 12.0 Å². The van der Waals surface area contributed by atoms with Crippen LogP contribution in [0.2, 0.25) is 0 Å². The SMILES string of the molecule is CC(=O)NC(C)(C(=O)Nc1cc2c(cc1Br)CCNC2=O)C(C)C. The molecule has 1 aromatic rings. The molecule has 1 unspecified atom stereocenters. The first-order valence-corrected chi connectivity index (χ1v) is 8.65. The van der Waals surface area contributed by atoms with Gasteiger partial charge in [-0.15, -0.1) is 0 Å². The van der Waals surface area contributed by atoms with E-state index in [-0.39, 0.29) is 23.6 Å². The summed E-state index contributed by atoms with van der Waals surface area (Å²) >= 11 is 3.44. The average molecular weight is 396 g/mol. The molecule has 130 valence electrons. The van der Waals surface area contributed by atoms with Gasteiger partial charge in [0.2, 0.25) is 11.8 Å². The van der Waals surface area contributed by atoms with E-state index in [2.05, 4.69) is 31.9 Å². The molecule has 0 aromatic heterocycles. The molecule has 3 N–H and O–H groups in total. The molecule has 0 saturated carbocycles. The van der Waals surface area contributed by atoms with Gasteiger partial charge in [0.1, 0.15) is 5.54 Å². The minimum atomic E-state index is -1.05. The number of anilines is 1. The molecule has 0 fully saturated rings. The quantitative estimate of drug-likeness (QED) is 0.730. The maximum Gasteiger partial charge on any atom is 0.251 e. The van der Waals surface area contributed by atoms with Crippen LogP contribution in [0.5, 0.6) is 0 Å². The van der Waals surface area contributed by atoms with Crippen molar-refractivity contribution in [2.24, 2.45) is 5.92 Å². The van der Waals surface area contributed by atoms with E-state index in [1.165, 1.54) is 6.92 Å². The van der Waals surface area contributed by atoms with Crippen molar-refractivity contribution in [3.63, 3.8) is 0 Å². The summed E-state index contributed by atoms with van der Waals surface area (Å²) in [6.45, 7) is 7.41. The zero-order chi connectivity index (χ0) is 18.1. The molecule has 2 rings (SSSR count). The average Bonchev–Trinajstić information content (AvgIpc) is 2.47. The molecule has 7 heteroatoms. The van der Waals surface area contributed by atoms with Crippen molar-refractivity contribution in [2.45, 2.75) is 39.7 Å². The minimum Gasteiger partial charge on any atom is -0.352 e. The normalized spacial score (nSPS) is 16.0. The van der Waals surface area contributed by atoms with Gasteiger partial charge < -0.3 is 16.0 Å². The highest BCUT2D eigenvalue weighted by molar-refractivity contribution is 9.10. The lowest BCUT2D eigenvalue weighted by Gasteiger charge is -2.33. The predicted molar refractivity (Wildman–Crippen MR) is 95.9 cm³/mol. The van der Waals surface area contributed by atoms with Crippen LogP contribution in [0.25, 0.3) is 0 Å². The maximum absolute atomic E-state index is 12.8. The Kier molecular flexibility index (Phi) is 5.32. The van der Waals surface area contributed by atoms with Gasteiger partial charge in [-0.25, -0.2) is 0 Å². The first kappa shape index (κ1) is 18.4. The van der Waals surface area contributed by atoms with Crippen molar-refractivity contribution in [1.29, 1.82) is 0 Å². The van der Waals surface area contributed by atoms with Crippen molar-refractivity contribution in [2.75, 3.05) is 11.9 Å². The maximum atomic E-state index is 12.8. The Bertz CT molecular complexity index is 703. The van der Waals surface area contributed by atoms with Crippen LogP contribution in [0.3, 0.4) is 0 Å². The largest absolute Gasteiger partial charge is 0.352 e. The number of halogens is 1. The van der Waals surface area contributed by atoms with E-state index in [0.29, 0.717) is 22.3 Å². The van der Waals surface area contributed by atoms with Gasteiger partial charge in [-0.2, -0.15) is 0 Å². The second-order valence-electron chi connectivity index (χ2n) is 6.49. The van der Waals surface area contributed by atoms with Crippen LogP contribution in [-0.4, -0.2) is 29.8 Å². The topological polar surface area (TPSA) is 87.3 Å². The van der Waals surface area contributed by atoms with Crippen LogP contribution in [-0.2, 0) is 16.0 Å². The molecule has 0 aliphatic carbocycles. The Balaban J connectivity index is 2.33. The lowest BCUT2D eigenvalue weighted by Crippen LogP contribution is -2.57. The third-order valence-corrected chi connectivity index (χ3v) is 5.08. The highest BCUT2D eigenvalue weighted by atomic mass is 79.9. The van der Waals surface area contributed by atoms with Crippen LogP contribution in [0.4, 0.5) is 5.69 Å². The van der Waals surface area contributed by atoms with Crippen molar-refractivity contribution in [3.05, 3.63) is 27.7 Å². The summed E-state index contributed by atoms with van der Waals surface area (Å²) in [7, 11) is 0. The van der Waals surface area contributed by atoms with Gasteiger partial charge in [0.15, 0.2) is 0 Å². The second-order valence-corrected chi connectivity index (χ2v) is 7.34. The summed E-state index contributed by atoms with van der Waals surface area (Å²) < 4.78 is 0.707. The third-order valence-electron chi connectivity index (χ3n) is 4.43. The summed E-state index contributed by atoms with van der Waals surface area (Å²) in [6, 6.07) is 3.52. The molecule has 3 amide bonds. The number of nitrogens with one attached hydrogen (secondary N) is 3. The fourth-order valence-electron chi connectivity index (χ4n) is 2.62. The van der Waals surface area contributed by atoms with E-state index in [1.54, 1.807) is 13.0 Å². The highest BCUT2D eigenvalue weighted by Crippen LogP contribution is 2.30. The van der Waals surface area contributed by atoms with Gasteiger partial charge in [-0.1, -0.05) is 13.8 Å². The molecule has 1 aliphatic rings. The Labute approximate surface area is 149 Å². The first-order chi connectivity index (χ1) is 11.1. The summed E-state index contributed by atoms with van der Waals surface area (Å²) in [5.41, 5.74) is 0.958. The molecule has 0 bridgehead atoms. The van der Waals surface area contributed by atoms with Crippen LogP contribution in [0.15, 0.2) is 16.6 Å². The van der Waals surface area contributed by atoms with Crippen molar-refractivity contribution < 1.29 is 14.4 Å². The number of fused-ring (bicyclic) bond motifs is 1. The van der Waals surface area contributed by atoms with Crippen LogP contribution >= 0.6 is 15.9 Å². The van der Waals surface area contributed by atoms with Crippen molar-refractivity contribution in [3.8, 4) is 0 Å². The van der Waals surface area contributed by atoms with Crippen LogP contribution in [0.1, 0.15) is 43.6 Å². The molecular weight excluding hydrogens is 374 g/mol. The van der Waals surface area contributed by atoms with E-state index >= 15 is 0 Å². The van der Waals surface area contributed by atoms with Gasteiger partial charge in [-0.3, -0.25) is 14.4 Å². The monoisotopic (exact) mass is 395 g/mol. The lowest BCUT2D eigenvalue weighted by molar-refractivity contribution is -0.130. The molecule has 0 radical (unpaired) electrons. The number of hydrogen-bond donors (Lipinski definition) is 3. The molecule has 1 aromatic carbocycles. The predicted octanol–water partition coefficient (Wildman–Crippen LogP) is 2.22. The zero-order valence-corrected chi connectivity index (χ0v) is 15.8. The highest BCUT2D eigenvalue weighted by Gasteiger charge is 2.37. The van der Waals surface area contributed by atoms with Crippen molar-refractivity contribution >= 4 is 39.3 Å². The van der Waals surface area contributed by atoms with Gasteiger partial charge in [-0.05, 0) is 52.9 Å². The molecule has 6 nitrogen and oxygen atoms in total. The Morgan fingerprint density at radius 3 is 2.58 bits per heavy atom. The second kappa shape index (κ2) is 6.93. The van der Waals surface area contributed by atoms with Crippen LogP contribution < -0.4 is 16.0 Å². The number of amides is 3. The summed E-state index contributed by atoms with van der Waals surface area (Å²) in [6.07, 6.45) is 0.753. The summed E-state index contributed by atoms with van der Waals surface area (Å²) in [4.78, 5) is 36.2.